The second kappa shape index (κ2) is 11.4. The number of nitriles is 1. The number of aromatic carboxylic acids is 1. The van der Waals surface area contributed by atoms with Gasteiger partial charge in [0, 0.05) is 10.2 Å². The molecule has 0 aliphatic carbocycles. The van der Waals surface area contributed by atoms with E-state index in [9.17, 15) is 14.9 Å². The molecule has 8 heteroatoms. The van der Waals surface area contributed by atoms with Crippen LogP contribution in [0.25, 0.3) is 6.08 Å². The van der Waals surface area contributed by atoms with Crippen molar-refractivity contribution < 1.29 is 24.2 Å². The molecule has 0 aromatic heterocycles. The third-order valence-corrected chi connectivity index (χ3v) is 5.99. The van der Waals surface area contributed by atoms with Crippen molar-refractivity contribution in [3.8, 4) is 17.6 Å². The van der Waals surface area contributed by atoms with Gasteiger partial charge in [0.1, 0.15) is 18.2 Å². The SMILES string of the molecule is COc1cc(/C=C(\C#N)C(=O)Nc2ccc(C)c(C)c2)c(Br)cc1OCc1ccc(C(=O)O)cc1. The first-order valence-corrected chi connectivity index (χ1v) is 11.3. The molecule has 1 amide bonds. The summed E-state index contributed by atoms with van der Waals surface area (Å²) in [5.74, 6) is -0.664. The number of nitrogens with zero attached hydrogens (tertiary/aromatic N) is 1. The Morgan fingerprint density at radius 2 is 1.77 bits per heavy atom. The van der Waals surface area contributed by atoms with Gasteiger partial charge < -0.3 is 19.9 Å². The lowest BCUT2D eigenvalue weighted by molar-refractivity contribution is -0.112. The fourth-order valence-electron chi connectivity index (χ4n) is 3.16. The average molecular weight is 535 g/mol. The topological polar surface area (TPSA) is 109 Å². The zero-order chi connectivity index (χ0) is 25.5. The Hall–Kier alpha value is -4.09. The summed E-state index contributed by atoms with van der Waals surface area (Å²) in [4.78, 5) is 23.7. The summed E-state index contributed by atoms with van der Waals surface area (Å²) < 4.78 is 11.9. The molecule has 0 aliphatic heterocycles. The summed E-state index contributed by atoms with van der Waals surface area (Å²) in [6.07, 6.45) is 1.47. The van der Waals surface area contributed by atoms with Crippen molar-refractivity contribution in [2.45, 2.75) is 20.5 Å². The number of anilines is 1. The van der Waals surface area contributed by atoms with Gasteiger partial charge in [-0.2, -0.15) is 5.26 Å². The number of nitrogens with one attached hydrogen (secondary N) is 1. The second-order valence-electron chi connectivity index (χ2n) is 7.74. The Balaban J connectivity index is 1.79. The summed E-state index contributed by atoms with van der Waals surface area (Å²) in [7, 11) is 1.49. The highest BCUT2D eigenvalue weighted by Crippen LogP contribution is 2.35. The van der Waals surface area contributed by atoms with Crippen LogP contribution in [0.4, 0.5) is 5.69 Å². The minimum absolute atomic E-state index is 0.0711. The number of benzene rings is 3. The van der Waals surface area contributed by atoms with Crippen LogP contribution in [-0.2, 0) is 11.4 Å². The van der Waals surface area contributed by atoms with Crippen molar-refractivity contribution in [3.05, 3.63) is 92.5 Å². The molecule has 178 valence electrons. The number of hydrogen-bond donors (Lipinski definition) is 2. The van der Waals surface area contributed by atoms with Gasteiger partial charge in [0.25, 0.3) is 5.91 Å². The predicted molar refractivity (Wildman–Crippen MR) is 137 cm³/mol. The predicted octanol–water partition coefficient (Wildman–Crippen LogP) is 5.90. The van der Waals surface area contributed by atoms with Gasteiger partial charge in [-0.05, 0) is 78.6 Å². The van der Waals surface area contributed by atoms with Gasteiger partial charge in [0.05, 0.1) is 12.7 Å². The number of methoxy groups -OCH3 is 1. The third kappa shape index (κ3) is 6.49. The number of hydrogen-bond acceptors (Lipinski definition) is 5. The lowest BCUT2D eigenvalue weighted by Gasteiger charge is -2.13. The van der Waals surface area contributed by atoms with E-state index in [0.717, 1.165) is 16.7 Å². The van der Waals surface area contributed by atoms with Gasteiger partial charge in [-0.25, -0.2) is 4.79 Å². The quantitative estimate of drug-likeness (QED) is 0.275. The number of amides is 1. The lowest BCUT2D eigenvalue weighted by Crippen LogP contribution is -2.13. The van der Waals surface area contributed by atoms with Gasteiger partial charge in [-0.1, -0.05) is 34.1 Å². The number of carboxylic acids is 1. The lowest BCUT2D eigenvalue weighted by atomic mass is 10.1. The molecule has 0 saturated carbocycles. The van der Waals surface area contributed by atoms with Crippen LogP contribution >= 0.6 is 15.9 Å². The Kier molecular flexibility index (Phi) is 8.29. The molecule has 0 unspecified atom stereocenters. The monoisotopic (exact) mass is 534 g/mol. The number of carbonyl (C=O) groups is 2. The van der Waals surface area contributed by atoms with Gasteiger partial charge in [0.15, 0.2) is 11.5 Å². The molecule has 0 bridgehead atoms. The van der Waals surface area contributed by atoms with Crippen LogP contribution in [-0.4, -0.2) is 24.1 Å². The van der Waals surface area contributed by atoms with Crippen LogP contribution in [0.15, 0.2) is 64.6 Å². The summed E-state index contributed by atoms with van der Waals surface area (Å²) >= 11 is 3.47. The van der Waals surface area contributed by atoms with E-state index in [2.05, 4.69) is 21.2 Å². The smallest absolute Gasteiger partial charge is 0.335 e. The molecule has 0 atom stereocenters. The van der Waals surface area contributed by atoms with Gasteiger partial charge in [-0.15, -0.1) is 0 Å². The van der Waals surface area contributed by atoms with Gasteiger partial charge in [-0.3, -0.25) is 4.79 Å². The zero-order valence-corrected chi connectivity index (χ0v) is 21.0. The maximum absolute atomic E-state index is 12.7. The van der Waals surface area contributed by atoms with Crippen LogP contribution in [0.3, 0.4) is 0 Å². The second-order valence-corrected chi connectivity index (χ2v) is 8.59. The van der Waals surface area contributed by atoms with Crippen molar-refractivity contribution in [2.24, 2.45) is 0 Å². The number of rotatable bonds is 8. The molecule has 0 fully saturated rings. The Morgan fingerprint density at radius 3 is 2.37 bits per heavy atom. The average Bonchev–Trinajstić information content (AvgIpc) is 2.84. The maximum atomic E-state index is 12.7. The number of ether oxygens (including phenoxy) is 2. The summed E-state index contributed by atoms with van der Waals surface area (Å²) in [6.45, 7) is 4.12. The van der Waals surface area contributed by atoms with Gasteiger partial charge in [0.2, 0.25) is 0 Å². The highest BCUT2D eigenvalue weighted by atomic mass is 79.9. The molecule has 0 spiro atoms. The molecule has 0 radical (unpaired) electrons. The highest BCUT2D eigenvalue weighted by molar-refractivity contribution is 9.10. The van der Waals surface area contributed by atoms with E-state index in [1.807, 2.05) is 32.0 Å². The van der Waals surface area contributed by atoms with Crippen molar-refractivity contribution in [1.82, 2.24) is 0 Å². The molecule has 3 aromatic carbocycles. The van der Waals surface area contributed by atoms with Gasteiger partial charge >= 0.3 is 5.97 Å². The Labute approximate surface area is 211 Å². The molecule has 0 aliphatic rings. The third-order valence-electron chi connectivity index (χ3n) is 5.31. The first-order valence-electron chi connectivity index (χ1n) is 10.5. The molecule has 2 N–H and O–H groups in total. The van der Waals surface area contributed by atoms with E-state index in [1.165, 1.54) is 25.3 Å². The van der Waals surface area contributed by atoms with E-state index in [4.69, 9.17) is 14.6 Å². The fraction of sp³-hybridized carbons (Fsp3) is 0.148. The molecule has 3 rings (SSSR count). The van der Waals surface area contributed by atoms with E-state index < -0.39 is 11.9 Å². The highest BCUT2D eigenvalue weighted by Gasteiger charge is 2.14. The first kappa shape index (κ1) is 25.5. The van der Waals surface area contributed by atoms with E-state index >= 15 is 0 Å². The van der Waals surface area contributed by atoms with Crippen LogP contribution < -0.4 is 14.8 Å². The molecule has 3 aromatic rings. The standard InChI is InChI=1S/C27H23BrN2O5/c1-16-4-9-22(10-17(16)2)30-26(31)21(14-29)11-20-12-24(34-3)25(13-23(20)28)35-15-18-5-7-19(8-6-18)27(32)33/h4-13H,15H2,1-3H3,(H,30,31)(H,32,33)/b21-11+. The molecular weight excluding hydrogens is 512 g/mol. The van der Waals surface area contributed by atoms with Crippen molar-refractivity contribution in [2.75, 3.05) is 12.4 Å². The Bertz CT molecular complexity index is 1340. The minimum Gasteiger partial charge on any atom is -0.493 e. The van der Waals surface area contributed by atoms with Crippen LogP contribution in [0.1, 0.15) is 32.6 Å². The van der Waals surface area contributed by atoms with Crippen molar-refractivity contribution in [3.63, 3.8) is 0 Å². The summed E-state index contributed by atoms with van der Waals surface area (Å²) in [5.41, 5.74) is 4.22. The summed E-state index contributed by atoms with van der Waals surface area (Å²) in [6, 6.07) is 17.2. The van der Waals surface area contributed by atoms with Crippen LogP contribution in [0, 0.1) is 25.2 Å². The molecule has 7 nitrogen and oxygen atoms in total. The normalized spacial score (nSPS) is 10.9. The summed E-state index contributed by atoms with van der Waals surface area (Å²) in [5, 5.41) is 21.4. The number of carbonyl (C=O) groups excluding carboxylic acids is 1. The minimum atomic E-state index is -0.994. The molecular formula is C27H23BrN2O5. The maximum Gasteiger partial charge on any atom is 0.335 e. The first-order chi connectivity index (χ1) is 16.7. The number of carboxylic acid groups (broad SMARTS) is 1. The molecule has 35 heavy (non-hydrogen) atoms. The Morgan fingerprint density at radius 1 is 1.06 bits per heavy atom. The largest absolute Gasteiger partial charge is 0.493 e. The van der Waals surface area contributed by atoms with Crippen LogP contribution in [0.5, 0.6) is 11.5 Å². The zero-order valence-electron chi connectivity index (χ0n) is 19.4. The van der Waals surface area contributed by atoms with Crippen molar-refractivity contribution >= 4 is 39.6 Å². The fourth-order valence-corrected chi connectivity index (χ4v) is 3.60. The van der Waals surface area contributed by atoms with E-state index in [0.29, 0.717) is 27.2 Å². The van der Waals surface area contributed by atoms with Crippen LogP contribution in [0.2, 0.25) is 0 Å². The van der Waals surface area contributed by atoms with E-state index in [-0.39, 0.29) is 17.7 Å². The van der Waals surface area contributed by atoms with E-state index in [1.54, 1.807) is 30.3 Å². The number of halogens is 1. The molecule has 0 saturated heterocycles. The van der Waals surface area contributed by atoms with Crippen molar-refractivity contribution in [1.29, 1.82) is 5.26 Å². The number of aryl methyl sites for hydroxylation is 2. The molecule has 0 heterocycles.